The van der Waals surface area contributed by atoms with Gasteiger partial charge in [-0.05, 0) is 126 Å². The number of nitrogens with zero attached hydrogens (tertiary/aromatic N) is 3. The Morgan fingerprint density at radius 1 is 0.510 bits per heavy atom. The summed E-state index contributed by atoms with van der Waals surface area (Å²) >= 11 is 0. The first-order valence-electron chi connectivity index (χ1n) is 36.0. The summed E-state index contributed by atoms with van der Waals surface area (Å²) in [6.45, 7) is 27.8. The first-order chi connectivity index (χ1) is 45.0. The summed E-state index contributed by atoms with van der Waals surface area (Å²) in [5.41, 5.74) is 0.727. The van der Waals surface area contributed by atoms with Crippen molar-refractivity contribution < 1.29 is 67.4 Å². The molecule has 4 rings (SSSR count). The molecule has 1 aromatic rings. The monoisotopic (exact) mass is 1340 g/mol. The highest BCUT2D eigenvalue weighted by atomic mass is 16.3. The van der Waals surface area contributed by atoms with E-state index in [1.807, 2.05) is 99.6 Å². The molecule has 3 aliphatic heterocycles. The molecule has 14 atom stereocenters. The Morgan fingerprint density at radius 2 is 1.01 bits per heavy atom. The van der Waals surface area contributed by atoms with Gasteiger partial charge in [-0.25, -0.2) is 0 Å². The van der Waals surface area contributed by atoms with Crippen LogP contribution in [0.2, 0.25) is 0 Å². The molecule has 7 amide bonds. The number of nitrogens with one attached hydrogen (secondary N) is 4. The van der Waals surface area contributed by atoms with Crippen molar-refractivity contribution in [3.8, 4) is 0 Å². The number of carbonyl (C=O) groups is 13. The summed E-state index contributed by atoms with van der Waals surface area (Å²) < 4.78 is 0. The van der Waals surface area contributed by atoms with E-state index in [-0.39, 0.29) is 100 Å². The van der Waals surface area contributed by atoms with Crippen LogP contribution in [0.25, 0.3) is 0 Å². The average Bonchev–Trinajstić information content (AvgIpc) is 1.29. The van der Waals surface area contributed by atoms with E-state index in [1.54, 1.807) is 25.7 Å². The van der Waals surface area contributed by atoms with Crippen molar-refractivity contribution in [2.24, 2.45) is 71.0 Å². The number of aliphatic hydroxyl groups excluding tert-OH is 1. The molecule has 0 unspecified atom stereocenters. The summed E-state index contributed by atoms with van der Waals surface area (Å²) in [6, 6.07) is 2.46. The van der Waals surface area contributed by atoms with Crippen molar-refractivity contribution in [1.82, 2.24) is 36.0 Å². The highest BCUT2D eigenvalue weighted by Crippen LogP contribution is 2.31. The number of rotatable bonds is 15. The molecule has 21 nitrogen and oxygen atoms in total. The van der Waals surface area contributed by atoms with Crippen molar-refractivity contribution in [3.63, 3.8) is 0 Å². The van der Waals surface area contributed by atoms with E-state index in [1.165, 1.54) is 30.7 Å². The van der Waals surface area contributed by atoms with Crippen LogP contribution in [0.1, 0.15) is 219 Å². The van der Waals surface area contributed by atoms with Gasteiger partial charge in [-0.2, -0.15) is 0 Å². The number of hydrogen-bond acceptors (Lipinski definition) is 14. The normalized spacial score (nSPS) is 28.4. The van der Waals surface area contributed by atoms with E-state index in [9.17, 15) is 57.8 Å². The molecule has 538 valence electrons. The second kappa shape index (κ2) is 39.2. The van der Waals surface area contributed by atoms with Gasteiger partial charge in [0.05, 0.1) is 54.2 Å². The zero-order valence-corrected chi connectivity index (χ0v) is 60.8. The number of ketones is 6. The number of fused-ring (bicyclic) bond motifs is 1. The van der Waals surface area contributed by atoms with Crippen molar-refractivity contribution in [2.75, 3.05) is 26.7 Å². The van der Waals surface area contributed by atoms with E-state index in [0.717, 1.165) is 12.0 Å². The van der Waals surface area contributed by atoms with Gasteiger partial charge in [0.25, 0.3) is 0 Å². The number of amides is 7. The lowest BCUT2D eigenvalue weighted by Gasteiger charge is -2.32. The minimum atomic E-state index is -1.40. The first kappa shape index (κ1) is 81.9. The van der Waals surface area contributed by atoms with Crippen LogP contribution in [0.15, 0.2) is 30.3 Å². The predicted molar refractivity (Wildman–Crippen MR) is 368 cm³/mol. The number of Topliss-reactive ketones (excluding diaryl/α,β-unsaturated/α-hetero) is 6. The van der Waals surface area contributed by atoms with E-state index in [0.29, 0.717) is 38.8 Å². The zero-order valence-electron chi connectivity index (χ0n) is 60.8. The Kier molecular flexibility index (Phi) is 33.4. The largest absolute Gasteiger partial charge is 0.393 e. The molecule has 1 aromatic carbocycles. The Balaban J connectivity index is 1.84. The van der Waals surface area contributed by atoms with Crippen molar-refractivity contribution in [3.05, 3.63) is 35.9 Å². The smallest absolute Gasteiger partial charge is 0.226 e. The van der Waals surface area contributed by atoms with Gasteiger partial charge in [-0.1, -0.05) is 120 Å². The topological polar surface area (TPSA) is 300 Å². The molecule has 21 heteroatoms. The molecule has 96 heavy (non-hydrogen) atoms. The number of hydrogen-bond donors (Lipinski definition) is 5. The van der Waals surface area contributed by atoms with Crippen LogP contribution in [-0.4, -0.2) is 165 Å². The van der Waals surface area contributed by atoms with Crippen LogP contribution in [0, 0.1) is 71.0 Å². The summed E-state index contributed by atoms with van der Waals surface area (Å²) in [4.78, 5) is 194. The zero-order chi connectivity index (χ0) is 72.0. The lowest BCUT2D eigenvalue weighted by Crippen LogP contribution is -2.50. The maximum absolute atomic E-state index is 15.0. The van der Waals surface area contributed by atoms with Crippen LogP contribution < -0.4 is 21.3 Å². The maximum Gasteiger partial charge on any atom is 0.226 e. The number of benzene rings is 1. The quantitative estimate of drug-likeness (QED) is 0.111. The van der Waals surface area contributed by atoms with Crippen molar-refractivity contribution >= 4 is 76.0 Å². The van der Waals surface area contributed by atoms with Crippen LogP contribution in [0.5, 0.6) is 0 Å². The van der Waals surface area contributed by atoms with Crippen LogP contribution >= 0.6 is 0 Å². The van der Waals surface area contributed by atoms with Crippen molar-refractivity contribution in [2.45, 2.75) is 262 Å². The van der Waals surface area contributed by atoms with Crippen LogP contribution in [0.4, 0.5) is 0 Å². The molecule has 0 bridgehead atoms. The molecule has 3 heterocycles. The molecule has 3 aliphatic rings. The fraction of sp³-hybridized carbons (Fsp3) is 0.747. The SMILES string of the molecule is CC[C@H](C)[C@@H]1CC(=O)[C@H](CC(C)C)NC(=O)[C@H](CC(C)C)CC(=O)[C@H](C)N(C)C(=O)[C@H](C(C)C)CC(=O)[C@H](C)NC(=O)C[C@@H](C(=O)N2CCCCC2)CC(=O)[C@H](CC(C)C)NC(=O)[C@H]([C@@H](C)O)CC(=O)[C@@H]2CCCN2C(=O)[C@H](CC(C)C)CC(=O)[C@H](Cc2ccccc2)NC1=O. The minimum absolute atomic E-state index is 0.0582. The Labute approximate surface area is 572 Å². The van der Waals surface area contributed by atoms with E-state index in [4.69, 9.17) is 0 Å². The predicted octanol–water partition coefficient (Wildman–Crippen LogP) is 8.16. The summed E-state index contributed by atoms with van der Waals surface area (Å²) in [5, 5.41) is 22.7. The average molecular weight is 1340 g/mol. The number of likely N-dealkylation sites (tertiary alicyclic amines) is 1. The third-order valence-corrected chi connectivity index (χ3v) is 20.0. The van der Waals surface area contributed by atoms with Gasteiger partial charge in [0, 0.05) is 95.3 Å². The summed E-state index contributed by atoms with van der Waals surface area (Å²) in [7, 11) is 1.46. The molecule has 0 spiro atoms. The Bertz CT molecular complexity index is 2830. The Hall–Kier alpha value is -6.51. The Morgan fingerprint density at radius 3 is 1.56 bits per heavy atom. The molecule has 3 fully saturated rings. The second-order valence-electron chi connectivity index (χ2n) is 30.4. The van der Waals surface area contributed by atoms with E-state index >= 15 is 9.59 Å². The molecule has 0 radical (unpaired) electrons. The van der Waals surface area contributed by atoms with Crippen LogP contribution in [-0.2, 0) is 68.7 Å². The lowest BCUT2D eigenvalue weighted by atomic mass is 9.83. The molecule has 3 saturated heterocycles. The van der Waals surface area contributed by atoms with Gasteiger partial charge in [-0.3, -0.25) is 62.3 Å². The summed E-state index contributed by atoms with van der Waals surface area (Å²) in [6.07, 6.45) is 0.318. The first-order valence-corrected chi connectivity index (χ1v) is 36.0. The minimum Gasteiger partial charge on any atom is -0.393 e. The van der Waals surface area contributed by atoms with Gasteiger partial charge in [0.1, 0.15) is 0 Å². The third-order valence-electron chi connectivity index (χ3n) is 20.0. The van der Waals surface area contributed by atoms with E-state index in [2.05, 4.69) is 21.3 Å². The highest BCUT2D eigenvalue weighted by molar-refractivity contribution is 6.00. The number of piperidine rings is 1. The molecule has 0 aromatic heterocycles. The molecular weight excluding hydrogens is 1220 g/mol. The highest BCUT2D eigenvalue weighted by Gasteiger charge is 2.43. The van der Waals surface area contributed by atoms with Gasteiger partial charge in [0.15, 0.2) is 34.7 Å². The molecule has 0 aliphatic carbocycles. The number of aliphatic hydroxyl groups is 1. The fourth-order valence-electron chi connectivity index (χ4n) is 13.8. The molecular formula is C75H119N7O14. The molecule has 5 N–H and O–H groups in total. The second-order valence-corrected chi connectivity index (χ2v) is 30.4. The van der Waals surface area contributed by atoms with Gasteiger partial charge in [0.2, 0.25) is 41.4 Å². The fourth-order valence-corrected chi connectivity index (χ4v) is 13.8. The van der Waals surface area contributed by atoms with Crippen LogP contribution in [0.3, 0.4) is 0 Å². The number of likely N-dealkylation sites (N-methyl/N-ethyl adjacent to an activating group) is 1. The van der Waals surface area contributed by atoms with E-state index < -0.39 is 179 Å². The van der Waals surface area contributed by atoms with Crippen molar-refractivity contribution in [1.29, 1.82) is 0 Å². The third kappa shape index (κ3) is 25.1. The maximum atomic E-state index is 15.0. The molecule has 0 saturated carbocycles. The summed E-state index contributed by atoms with van der Waals surface area (Å²) in [5.74, 6) is -14.4. The van der Waals surface area contributed by atoms with Gasteiger partial charge >= 0.3 is 0 Å². The van der Waals surface area contributed by atoms with Gasteiger partial charge in [-0.15, -0.1) is 0 Å². The number of carbonyl (C=O) groups excluding carboxylic acids is 13. The van der Waals surface area contributed by atoms with Gasteiger partial charge < -0.3 is 41.1 Å². The lowest BCUT2D eigenvalue weighted by molar-refractivity contribution is -0.144. The standard InChI is InChI=1S/C75H119N7O14/c1-17-48(12)57-41-67(88)60(34-46(8)9)77-70(91)53(31-43(2)3)36-64(85)50(14)80(16)75(96)56(47(10)11)40-63(84)49(13)76-69(90)39-55(73(94)81-28-22-19-23-29-81)38-65(86)59(33-45(6)7)78-72(93)58(51(15)83)42-68(89)62-27-24-30-82(62)74(95)54(32-44(4)5)37-66(87)61(79-71(57)92)35-52-25-20-18-21-26-52/h18,20-21,25-26,43-51,53-62,83H,17,19,22-24,27-42H2,1-16H3,(H,76,90)(H,77,91)(H,78,93)(H,79,92)/t48-,49-,50-,51+,53+,54+,55-,56-,57-,58-,59-,60-,61-,62-/m0/s1.